The quantitative estimate of drug-likeness (QED) is 0.365. The number of halogens is 2. The standard InChI is InChI=1S/C26H33F2N7O2/c1-14(2)23(29-17(5)36)25-31-24-20(35-9-11-37-12-10-35)13-21(30-26(24)34(25)6)33-32-16(4)18-7-8-19(27)15(3)22(18)28/h7-8,13-14,23H,9-12H2,1-6H3,(H,29,36)(H,30,33)/b32-16+/t23-/m0/s1. The number of imidazole rings is 1. The summed E-state index contributed by atoms with van der Waals surface area (Å²) in [5, 5.41) is 7.34. The fourth-order valence-corrected chi connectivity index (χ4v) is 4.42. The number of amides is 1. The zero-order valence-corrected chi connectivity index (χ0v) is 22.0. The lowest BCUT2D eigenvalue weighted by molar-refractivity contribution is -0.120. The lowest BCUT2D eigenvalue weighted by Crippen LogP contribution is -2.36. The zero-order chi connectivity index (χ0) is 26.9. The third-order valence-electron chi connectivity index (χ3n) is 6.55. The molecule has 4 rings (SSSR count). The van der Waals surface area contributed by atoms with Crippen molar-refractivity contribution in [2.24, 2.45) is 18.1 Å². The molecule has 1 atom stereocenters. The number of anilines is 2. The van der Waals surface area contributed by atoms with E-state index in [-0.39, 0.29) is 29.0 Å². The maximum atomic E-state index is 14.6. The van der Waals surface area contributed by atoms with Gasteiger partial charge >= 0.3 is 0 Å². The number of aryl methyl sites for hydroxylation is 1. The van der Waals surface area contributed by atoms with E-state index in [1.54, 1.807) is 6.92 Å². The first kappa shape index (κ1) is 26.5. The molecule has 1 aliphatic heterocycles. The van der Waals surface area contributed by atoms with Gasteiger partial charge in [0.2, 0.25) is 5.91 Å². The Hall–Kier alpha value is -3.60. The molecule has 0 radical (unpaired) electrons. The van der Waals surface area contributed by atoms with Crippen molar-refractivity contribution in [2.45, 2.75) is 40.7 Å². The number of hydrogen-bond donors (Lipinski definition) is 2. The summed E-state index contributed by atoms with van der Waals surface area (Å²) < 4.78 is 35.7. The number of morpholine rings is 1. The van der Waals surface area contributed by atoms with Crippen LogP contribution in [0.25, 0.3) is 11.2 Å². The van der Waals surface area contributed by atoms with Gasteiger partial charge in [-0.25, -0.2) is 18.7 Å². The molecule has 0 aliphatic carbocycles. The van der Waals surface area contributed by atoms with Crippen molar-refractivity contribution < 1.29 is 18.3 Å². The Morgan fingerprint density at radius 3 is 2.51 bits per heavy atom. The summed E-state index contributed by atoms with van der Waals surface area (Å²) in [7, 11) is 1.87. The van der Waals surface area contributed by atoms with Crippen LogP contribution in [0, 0.1) is 24.5 Å². The molecule has 0 saturated carbocycles. The SMILES string of the molecule is CC(=O)N[C@H](c1nc2c(N3CCOCC3)cc(N/N=C(\C)c3ccc(F)c(C)c3F)nc2n1C)C(C)C. The van der Waals surface area contributed by atoms with Crippen molar-refractivity contribution in [3.63, 3.8) is 0 Å². The topological polar surface area (TPSA) is 96.7 Å². The fraction of sp³-hybridized carbons (Fsp3) is 0.462. The van der Waals surface area contributed by atoms with Crippen LogP contribution in [-0.2, 0) is 16.6 Å². The number of carbonyl (C=O) groups is 1. The third-order valence-corrected chi connectivity index (χ3v) is 6.55. The fourth-order valence-electron chi connectivity index (χ4n) is 4.42. The number of hydrazone groups is 1. The molecule has 37 heavy (non-hydrogen) atoms. The molecule has 1 aliphatic rings. The van der Waals surface area contributed by atoms with Gasteiger partial charge in [-0.1, -0.05) is 13.8 Å². The Morgan fingerprint density at radius 2 is 1.86 bits per heavy atom. The van der Waals surface area contributed by atoms with Gasteiger partial charge < -0.3 is 19.5 Å². The lowest BCUT2D eigenvalue weighted by atomic mass is 10.0. The van der Waals surface area contributed by atoms with Crippen LogP contribution < -0.4 is 15.6 Å². The minimum Gasteiger partial charge on any atom is -0.378 e. The van der Waals surface area contributed by atoms with E-state index in [1.165, 1.54) is 26.0 Å². The van der Waals surface area contributed by atoms with Gasteiger partial charge in [-0.3, -0.25) is 10.2 Å². The highest BCUT2D eigenvalue weighted by atomic mass is 19.1. The molecule has 1 fully saturated rings. The first-order chi connectivity index (χ1) is 17.6. The predicted octanol–water partition coefficient (Wildman–Crippen LogP) is 4.06. The van der Waals surface area contributed by atoms with E-state index in [0.717, 1.165) is 5.69 Å². The van der Waals surface area contributed by atoms with Crippen LogP contribution in [0.1, 0.15) is 50.7 Å². The van der Waals surface area contributed by atoms with Crippen LogP contribution in [0.3, 0.4) is 0 Å². The van der Waals surface area contributed by atoms with Crippen LogP contribution in [0.4, 0.5) is 20.3 Å². The maximum Gasteiger partial charge on any atom is 0.217 e. The summed E-state index contributed by atoms with van der Waals surface area (Å²) in [4.78, 5) is 23.8. The van der Waals surface area contributed by atoms with Crippen LogP contribution >= 0.6 is 0 Å². The monoisotopic (exact) mass is 513 g/mol. The van der Waals surface area contributed by atoms with Gasteiger partial charge in [0.25, 0.3) is 0 Å². The summed E-state index contributed by atoms with van der Waals surface area (Å²) in [5.41, 5.74) is 5.64. The highest BCUT2D eigenvalue weighted by molar-refractivity contribution is 5.99. The number of benzene rings is 1. The number of pyridine rings is 1. The minimum absolute atomic E-state index is 0.0533. The summed E-state index contributed by atoms with van der Waals surface area (Å²) >= 11 is 0. The lowest BCUT2D eigenvalue weighted by Gasteiger charge is -2.29. The first-order valence-corrected chi connectivity index (χ1v) is 12.3. The van der Waals surface area contributed by atoms with Gasteiger partial charge in [-0.15, -0.1) is 0 Å². The molecule has 2 aromatic heterocycles. The number of aromatic nitrogens is 3. The molecule has 3 heterocycles. The highest BCUT2D eigenvalue weighted by Crippen LogP contribution is 2.32. The molecule has 2 N–H and O–H groups in total. The average Bonchev–Trinajstić information content (AvgIpc) is 3.20. The molecule has 3 aromatic rings. The number of carbonyl (C=O) groups excluding carboxylic acids is 1. The Balaban J connectivity index is 1.78. The molecule has 0 unspecified atom stereocenters. The van der Waals surface area contributed by atoms with Crippen molar-refractivity contribution in [2.75, 3.05) is 36.6 Å². The summed E-state index contributed by atoms with van der Waals surface area (Å²) in [6.45, 7) is 11.1. The van der Waals surface area contributed by atoms with Gasteiger partial charge in [0.15, 0.2) is 11.5 Å². The predicted molar refractivity (Wildman–Crippen MR) is 140 cm³/mol. The largest absolute Gasteiger partial charge is 0.378 e. The van der Waals surface area contributed by atoms with Crippen molar-refractivity contribution >= 4 is 34.3 Å². The second kappa shape index (κ2) is 10.8. The molecule has 9 nitrogen and oxygen atoms in total. The van der Waals surface area contributed by atoms with E-state index in [9.17, 15) is 13.6 Å². The smallest absolute Gasteiger partial charge is 0.217 e. The highest BCUT2D eigenvalue weighted by Gasteiger charge is 2.26. The van der Waals surface area contributed by atoms with E-state index >= 15 is 0 Å². The molecule has 11 heteroatoms. The molecule has 1 saturated heterocycles. The van der Waals surface area contributed by atoms with Gasteiger partial charge in [0.05, 0.1) is 30.7 Å². The van der Waals surface area contributed by atoms with Gasteiger partial charge in [-0.05, 0) is 31.9 Å². The first-order valence-electron chi connectivity index (χ1n) is 12.3. The van der Waals surface area contributed by atoms with Crippen LogP contribution in [0.5, 0.6) is 0 Å². The Kier molecular flexibility index (Phi) is 7.72. The van der Waals surface area contributed by atoms with E-state index in [4.69, 9.17) is 14.7 Å². The number of rotatable bonds is 7. The molecular formula is C26H33F2N7O2. The Bertz CT molecular complexity index is 1350. The number of nitrogens with one attached hydrogen (secondary N) is 2. The number of ether oxygens (including phenoxy) is 1. The summed E-state index contributed by atoms with van der Waals surface area (Å²) in [5.74, 6) is -0.136. The van der Waals surface area contributed by atoms with E-state index in [1.807, 2.05) is 31.5 Å². The molecule has 198 valence electrons. The average molecular weight is 514 g/mol. The van der Waals surface area contributed by atoms with Crippen molar-refractivity contribution in [1.82, 2.24) is 19.9 Å². The Morgan fingerprint density at radius 1 is 1.16 bits per heavy atom. The second-order valence-electron chi connectivity index (χ2n) is 9.59. The van der Waals surface area contributed by atoms with Crippen LogP contribution in [-0.4, -0.2) is 52.5 Å². The zero-order valence-electron chi connectivity index (χ0n) is 22.0. The number of fused-ring (bicyclic) bond motifs is 1. The van der Waals surface area contributed by atoms with Gasteiger partial charge in [0, 0.05) is 44.3 Å². The minimum atomic E-state index is -0.644. The molecule has 1 aromatic carbocycles. The van der Waals surface area contributed by atoms with Crippen LogP contribution in [0.15, 0.2) is 23.3 Å². The molecule has 1 amide bonds. The molecule has 0 spiro atoms. The normalized spacial score (nSPS) is 15.4. The Labute approximate surface area is 214 Å². The van der Waals surface area contributed by atoms with Gasteiger partial charge in [-0.2, -0.15) is 5.10 Å². The third kappa shape index (κ3) is 5.41. The van der Waals surface area contributed by atoms with E-state index in [0.29, 0.717) is 54.8 Å². The van der Waals surface area contributed by atoms with E-state index < -0.39 is 11.6 Å². The number of hydrogen-bond acceptors (Lipinski definition) is 7. The van der Waals surface area contributed by atoms with Crippen LogP contribution in [0.2, 0.25) is 0 Å². The summed E-state index contributed by atoms with van der Waals surface area (Å²) in [6.07, 6.45) is 0. The van der Waals surface area contributed by atoms with E-state index in [2.05, 4.69) is 20.7 Å². The molecular weight excluding hydrogens is 480 g/mol. The number of nitrogens with zero attached hydrogens (tertiary/aromatic N) is 5. The maximum absolute atomic E-state index is 14.6. The van der Waals surface area contributed by atoms with Crippen molar-refractivity contribution in [3.05, 3.63) is 46.8 Å². The molecule has 0 bridgehead atoms. The summed E-state index contributed by atoms with van der Waals surface area (Å²) in [6, 6.07) is 4.16. The van der Waals surface area contributed by atoms with Gasteiger partial charge in [0.1, 0.15) is 23.0 Å². The van der Waals surface area contributed by atoms with Crippen molar-refractivity contribution in [1.29, 1.82) is 0 Å². The second-order valence-corrected chi connectivity index (χ2v) is 9.59. The van der Waals surface area contributed by atoms with Crippen molar-refractivity contribution in [3.8, 4) is 0 Å².